The molecule has 0 spiro atoms. The van der Waals surface area contributed by atoms with E-state index in [1.807, 2.05) is 0 Å². The third-order valence-corrected chi connectivity index (χ3v) is 45.1. The number of nitrogens with zero attached hydrogens (tertiary/aromatic N) is 8. The first-order valence-electron chi connectivity index (χ1n) is 49.9. The Labute approximate surface area is 736 Å². The molecule has 9 fully saturated rings. The van der Waals surface area contributed by atoms with Crippen molar-refractivity contribution in [2.24, 2.45) is 54.7 Å². The van der Waals surface area contributed by atoms with Crippen molar-refractivity contribution in [3.63, 3.8) is 0 Å². The minimum Gasteiger partial charge on any atom is -0.324 e. The second kappa shape index (κ2) is 36.4. The molecule has 8 nitrogen and oxygen atoms in total. The molecule has 0 N–H and O–H groups in total. The minimum absolute atomic E-state index is 0.152. The quantitative estimate of drug-likeness (QED) is 0.213. The molecule has 0 aliphatic carbocycles. The average molecular weight is 1640 g/mol. The first kappa shape index (κ1) is 112. The molecule has 0 radical (unpaired) electrons. The van der Waals surface area contributed by atoms with Gasteiger partial charge in [-0.1, -0.05) is 125 Å². The molecule has 8 heteroatoms. The summed E-state index contributed by atoms with van der Waals surface area (Å²) in [6.07, 6.45) is 22.7. The molecule has 9 aliphatic heterocycles. The van der Waals surface area contributed by atoms with Crippen molar-refractivity contribution < 1.29 is 35.9 Å². The molecule has 9 aliphatic rings. The van der Waals surface area contributed by atoms with Crippen molar-refractivity contribution in [3.8, 4) is 0 Å². The lowest BCUT2D eigenvalue weighted by Crippen LogP contribution is -2.86. The average Bonchev–Trinajstić information content (AvgIpc) is 0.974. The second-order valence-electron chi connectivity index (χ2n) is 55.5. The number of piperidine rings is 6. The van der Waals surface area contributed by atoms with E-state index in [0.29, 0.717) is 57.2 Å². The Hall–Kier alpha value is -0.320. The van der Waals surface area contributed by atoms with Gasteiger partial charge in [-0.2, -0.15) is 0 Å². The van der Waals surface area contributed by atoms with Gasteiger partial charge >= 0.3 is 0 Å². The number of rotatable bonds is 8. The summed E-state index contributed by atoms with van der Waals surface area (Å²) in [7, 11) is 17.1. The minimum atomic E-state index is 0.152. The smallest absolute Gasteiger partial charge is 0.0996 e. The fourth-order valence-electron chi connectivity index (χ4n) is 28.6. The van der Waals surface area contributed by atoms with Crippen LogP contribution in [0, 0.1) is 54.7 Å². The van der Waals surface area contributed by atoms with Gasteiger partial charge in [0.05, 0.1) is 201 Å². The van der Waals surface area contributed by atoms with Crippen LogP contribution in [0.25, 0.3) is 0 Å². The van der Waals surface area contributed by atoms with Crippen LogP contribution >= 0.6 is 0 Å². The Morgan fingerprint density at radius 2 is 0.431 bits per heavy atom. The van der Waals surface area contributed by atoms with Gasteiger partial charge in [0.1, 0.15) is 0 Å². The summed E-state index contributed by atoms with van der Waals surface area (Å²) >= 11 is 0. The van der Waals surface area contributed by atoms with E-state index < -0.39 is 0 Å². The molecule has 9 heterocycles. The highest BCUT2D eigenvalue weighted by atomic mass is 15.5. The molecule has 694 valence electrons. The zero-order chi connectivity index (χ0) is 92.4. The van der Waals surface area contributed by atoms with Gasteiger partial charge in [-0.3, -0.25) is 0 Å². The molecule has 0 aromatic heterocycles. The highest BCUT2D eigenvalue weighted by molar-refractivity contribution is 5.17. The van der Waals surface area contributed by atoms with E-state index in [1.165, 1.54) is 189 Å². The highest BCUT2D eigenvalue weighted by Gasteiger charge is 2.77. The zero-order valence-corrected chi connectivity index (χ0v) is 92.0. The molecule has 0 aromatic rings. The summed E-state index contributed by atoms with van der Waals surface area (Å²) in [5.74, 6) is 1.10. The summed E-state index contributed by atoms with van der Waals surface area (Å²) in [5, 5.41) is 0. The largest absolute Gasteiger partial charge is 0.324 e. The van der Waals surface area contributed by atoms with Gasteiger partial charge in [0.2, 0.25) is 0 Å². The van der Waals surface area contributed by atoms with Crippen LogP contribution in [0.1, 0.15) is 449 Å². The predicted octanol–water partition coefficient (Wildman–Crippen LogP) is 28.5. The van der Waals surface area contributed by atoms with Gasteiger partial charge in [-0.25, -0.2) is 0 Å². The molecular formula is C108H230N8+8. The van der Waals surface area contributed by atoms with E-state index in [1.54, 1.807) is 0 Å². The zero-order valence-electron chi connectivity index (χ0n) is 92.0. The molecule has 0 aromatic carbocycles. The number of quaternary nitrogens is 8. The molecule has 9 saturated heterocycles. The summed E-state index contributed by atoms with van der Waals surface area (Å²) < 4.78 is 9.94. The van der Waals surface area contributed by atoms with Crippen LogP contribution < -0.4 is 0 Å². The van der Waals surface area contributed by atoms with E-state index in [2.05, 4.69) is 396 Å². The van der Waals surface area contributed by atoms with Gasteiger partial charge in [-0.15, -0.1) is 0 Å². The maximum absolute atomic E-state index is 2.52. The summed E-state index contributed by atoms with van der Waals surface area (Å²) in [6.45, 7) is 135. The molecule has 0 unspecified atom stereocenters. The fraction of sp³-hybridized carbons (Fsp3) is 1.00. The van der Waals surface area contributed by atoms with Crippen molar-refractivity contribution in [3.05, 3.63) is 0 Å². The SMILES string of the molecule is CC(C)[N+]1(C)C(C)(C)C(C)(C)C(C)(C)C(C)(C)C(C)(C)C1(C)C.CC(C)[N+]1(C)C(C)(C)C(C)(C)C(C)(C)C(C)(C)C1(C)C.CC(C)[N+]1(C)C(C)(C)CC(C)(C)CC1(C)C.CC(C)[N+]1(C)C(C)(C)CCCC1(C)C.CC(C)[N+]1(C)CCC(C)(C)CC1.CC(C)[N+]1(C)CCCCC1.CC(C)[N+]1(C)CCCCCC1.CC(C)[N+]12CCC(CC1)C2. The van der Waals surface area contributed by atoms with Gasteiger partial charge in [0.15, 0.2) is 0 Å². The van der Waals surface area contributed by atoms with Crippen molar-refractivity contribution in [2.75, 3.05) is 108 Å². The molecule has 0 atom stereocenters. The standard InChI is InChI=1S/C22H46N.C19H40N.C15H32N.C13H28N.C11H24N.C10H22N.C9H18N.C9H20N/c1-16(2)23(15)21(11,12)19(7,8)17(3,4)18(5,6)20(9,10)22(23,13)14;1-14(2)20(13)18(9,10)16(5,6)15(3,4)17(7,8)19(20,11)12;1-12(2)16(9)14(5,6)10-13(3,4)11-15(16,7)8;1-11(2)14(7)12(3,4)9-8-10-13(14,5)6;1-10(2)12(5)8-6-11(3,4)7-9-12;1-10(2)11(3)8-6-4-5-7-9-11;1-8(2)10-5-3-9(7-10)4-6-10;1-9(2)10(3)7-5-4-6-8-10/h16H,1-15H3;14H,1-13H3;12H,10-11H2,1-9H3;11H,8-10H2,1-7H3;10H,6-9H2,1-5H3;10H,4-9H2,1-3H3;8-9H,3-7H2,1-2H3;9H,4-8H2,1-3H3/q8*+1. The Bertz CT molecular complexity index is 2900. The van der Waals surface area contributed by atoms with Crippen LogP contribution in [-0.2, 0) is 0 Å². The Morgan fingerprint density at radius 1 is 0.207 bits per heavy atom. The summed E-state index contributed by atoms with van der Waals surface area (Å²) in [5.41, 5.74) is 4.92. The number of fused-ring (bicyclic) bond motifs is 2. The molecule has 116 heavy (non-hydrogen) atoms. The van der Waals surface area contributed by atoms with Crippen molar-refractivity contribution in [2.45, 2.75) is 542 Å². The van der Waals surface area contributed by atoms with Gasteiger partial charge in [-0.05, 0) is 300 Å². The Kier molecular flexibility index (Phi) is 35.1. The number of hydrogen-bond donors (Lipinski definition) is 0. The third kappa shape index (κ3) is 19.4. The van der Waals surface area contributed by atoms with Crippen LogP contribution in [0.3, 0.4) is 0 Å². The molecule has 0 amide bonds. The first-order chi connectivity index (χ1) is 51.0. The monoisotopic (exact) mass is 1640 g/mol. The van der Waals surface area contributed by atoms with Crippen molar-refractivity contribution in [1.29, 1.82) is 0 Å². The lowest BCUT2D eigenvalue weighted by molar-refractivity contribution is -1.04. The maximum Gasteiger partial charge on any atom is 0.0996 e. The molecular weight excluding hydrogens is 1410 g/mol. The lowest BCUT2D eigenvalue weighted by atomic mass is 9.40. The van der Waals surface area contributed by atoms with Crippen LogP contribution in [0.2, 0.25) is 0 Å². The fourth-order valence-corrected chi connectivity index (χ4v) is 28.6. The van der Waals surface area contributed by atoms with Gasteiger partial charge < -0.3 is 35.9 Å². The van der Waals surface area contributed by atoms with E-state index in [4.69, 9.17) is 0 Å². The number of likely N-dealkylation sites (tertiary alicyclic amines) is 7. The Balaban J connectivity index is 0.000000457. The Morgan fingerprint density at radius 3 is 0.629 bits per heavy atom. The van der Waals surface area contributed by atoms with E-state index in [0.717, 1.165) is 39.1 Å². The van der Waals surface area contributed by atoms with E-state index in [-0.39, 0.29) is 60.1 Å². The summed E-state index contributed by atoms with van der Waals surface area (Å²) in [4.78, 5) is 0. The molecule has 0 saturated carbocycles. The van der Waals surface area contributed by atoms with Gasteiger partial charge in [0, 0.05) is 78.9 Å². The van der Waals surface area contributed by atoms with Crippen molar-refractivity contribution >= 4 is 0 Å². The second-order valence-corrected chi connectivity index (χ2v) is 55.5. The molecule has 2 bridgehead atoms. The van der Waals surface area contributed by atoms with E-state index >= 15 is 0 Å². The topological polar surface area (TPSA) is 0 Å². The normalized spacial score (nSPS) is 31.0. The van der Waals surface area contributed by atoms with Crippen molar-refractivity contribution in [1.82, 2.24) is 0 Å². The van der Waals surface area contributed by atoms with Gasteiger partial charge in [0.25, 0.3) is 0 Å². The van der Waals surface area contributed by atoms with E-state index in [9.17, 15) is 0 Å². The summed E-state index contributed by atoms with van der Waals surface area (Å²) in [6, 6.07) is 5.88. The predicted molar refractivity (Wildman–Crippen MR) is 522 cm³/mol. The van der Waals surface area contributed by atoms with Crippen LogP contribution in [0.5, 0.6) is 0 Å². The lowest BCUT2D eigenvalue weighted by Gasteiger charge is -2.77. The first-order valence-corrected chi connectivity index (χ1v) is 49.9. The maximum atomic E-state index is 2.52. The van der Waals surface area contributed by atoms with Crippen LogP contribution in [0.15, 0.2) is 0 Å². The molecule has 9 rings (SSSR count). The highest BCUT2D eigenvalue weighted by Crippen LogP contribution is 2.73. The van der Waals surface area contributed by atoms with Crippen LogP contribution in [0.4, 0.5) is 0 Å². The third-order valence-electron chi connectivity index (χ3n) is 45.1. The van der Waals surface area contributed by atoms with Crippen LogP contribution in [-0.4, -0.2) is 237 Å². The number of hydrogen-bond acceptors (Lipinski definition) is 0.